The van der Waals surface area contributed by atoms with E-state index in [2.05, 4.69) is 31.1 Å². The third kappa shape index (κ3) is 5.40. The van der Waals surface area contributed by atoms with Gasteiger partial charge < -0.3 is 10.2 Å². The number of Topliss-reactive ketones (excluding diaryl/α,β-unsaturated/α-hetero) is 1. The maximum atomic E-state index is 12.5. The number of hydrogen-bond donors (Lipinski definition) is 1. The Morgan fingerprint density at radius 3 is 2.40 bits per heavy atom. The third-order valence-corrected chi connectivity index (χ3v) is 5.68. The molecule has 0 spiro atoms. The first-order valence-electron chi connectivity index (χ1n) is 9.24. The summed E-state index contributed by atoms with van der Waals surface area (Å²) < 4.78 is 0. The van der Waals surface area contributed by atoms with Crippen molar-refractivity contribution in [1.29, 1.82) is 0 Å². The second-order valence-electron chi connectivity index (χ2n) is 8.96. The van der Waals surface area contributed by atoms with Crippen molar-refractivity contribution in [3.63, 3.8) is 0 Å². The Kier molecular flexibility index (Phi) is 6.04. The number of amides is 2. The van der Waals surface area contributed by atoms with Gasteiger partial charge in [0.25, 0.3) is 0 Å². The van der Waals surface area contributed by atoms with Crippen LogP contribution in [-0.2, 0) is 9.59 Å². The van der Waals surface area contributed by atoms with Gasteiger partial charge in [-0.1, -0.05) is 20.8 Å². The lowest BCUT2D eigenvalue weighted by Crippen LogP contribution is -2.50. The fourth-order valence-electron chi connectivity index (χ4n) is 4.77. The summed E-state index contributed by atoms with van der Waals surface area (Å²) in [6.45, 7) is 10.0. The number of isocyanates is 1. The summed E-state index contributed by atoms with van der Waals surface area (Å²) in [5, 5.41) is 3.07. The Bertz CT molecular complexity index is 560. The number of rotatable bonds is 4. The number of piperidine rings is 1. The van der Waals surface area contributed by atoms with Crippen molar-refractivity contribution in [3.8, 4) is 0 Å². The molecule has 1 aliphatic carbocycles. The van der Waals surface area contributed by atoms with Crippen molar-refractivity contribution in [2.45, 2.75) is 65.8 Å². The number of likely N-dealkylation sites (tertiary alicyclic amines) is 1. The number of urea groups is 1. The van der Waals surface area contributed by atoms with Crippen molar-refractivity contribution in [1.82, 2.24) is 10.2 Å². The Labute approximate surface area is 150 Å². The fraction of sp³-hybridized carbons (Fsp3) is 0.842. The number of aliphatic imine (C=N–C) groups is 1. The largest absolute Gasteiger partial charge is 0.337 e. The highest BCUT2D eigenvalue weighted by atomic mass is 16.2. The van der Waals surface area contributed by atoms with Gasteiger partial charge in [0.05, 0.1) is 6.04 Å². The smallest absolute Gasteiger partial charge is 0.317 e. The first kappa shape index (κ1) is 19.6. The van der Waals surface area contributed by atoms with Crippen LogP contribution in [0.25, 0.3) is 0 Å². The molecule has 0 radical (unpaired) electrons. The molecule has 2 fully saturated rings. The SMILES string of the molecule is CC(=O)C1CCN(C(=O)NCC2(C)CC(N=C=O)CC(C)(C)C2)CC1. The quantitative estimate of drug-likeness (QED) is 0.626. The monoisotopic (exact) mass is 349 g/mol. The van der Waals surface area contributed by atoms with E-state index < -0.39 is 0 Å². The number of nitrogens with zero attached hydrogens (tertiary/aromatic N) is 2. The Morgan fingerprint density at radius 1 is 1.20 bits per heavy atom. The summed E-state index contributed by atoms with van der Waals surface area (Å²) >= 11 is 0. The highest BCUT2D eigenvalue weighted by molar-refractivity contribution is 5.79. The van der Waals surface area contributed by atoms with Gasteiger partial charge in [-0.3, -0.25) is 4.79 Å². The maximum absolute atomic E-state index is 12.5. The minimum Gasteiger partial charge on any atom is -0.337 e. The Morgan fingerprint density at radius 2 is 1.84 bits per heavy atom. The average molecular weight is 349 g/mol. The first-order valence-corrected chi connectivity index (χ1v) is 9.24. The summed E-state index contributed by atoms with van der Waals surface area (Å²) in [6, 6.07) is -0.0727. The molecule has 6 nitrogen and oxygen atoms in total. The van der Waals surface area contributed by atoms with Crippen molar-refractivity contribution < 1.29 is 14.4 Å². The van der Waals surface area contributed by atoms with Gasteiger partial charge in [-0.05, 0) is 49.9 Å². The normalized spacial score (nSPS) is 29.6. The zero-order valence-corrected chi connectivity index (χ0v) is 15.9. The van der Waals surface area contributed by atoms with Gasteiger partial charge in [-0.15, -0.1) is 0 Å². The van der Waals surface area contributed by atoms with Crippen LogP contribution < -0.4 is 5.32 Å². The molecule has 0 bridgehead atoms. The number of hydrogen-bond acceptors (Lipinski definition) is 4. The highest BCUT2D eigenvalue weighted by Gasteiger charge is 2.41. The Balaban J connectivity index is 1.89. The molecule has 6 heteroatoms. The van der Waals surface area contributed by atoms with E-state index in [4.69, 9.17) is 0 Å². The van der Waals surface area contributed by atoms with Crippen molar-refractivity contribution >= 4 is 17.9 Å². The molecular weight excluding hydrogens is 318 g/mol. The zero-order chi connectivity index (χ0) is 18.7. The summed E-state index contributed by atoms with van der Waals surface area (Å²) in [5.41, 5.74) is 0.00269. The lowest BCUT2D eigenvalue weighted by molar-refractivity contribution is -0.121. The molecule has 1 saturated carbocycles. The van der Waals surface area contributed by atoms with E-state index in [1.165, 1.54) is 0 Å². The number of carbonyl (C=O) groups is 2. The summed E-state index contributed by atoms with van der Waals surface area (Å²) in [6.07, 6.45) is 5.85. The topological polar surface area (TPSA) is 78.8 Å². The van der Waals surface area contributed by atoms with E-state index in [1.807, 2.05) is 0 Å². The van der Waals surface area contributed by atoms with Crippen molar-refractivity contribution in [2.24, 2.45) is 21.7 Å². The van der Waals surface area contributed by atoms with Crippen LogP contribution in [0.2, 0.25) is 0 Å². The van der Waals surface area contributed by atoms with E-state index in [0.29, 0.717) is 19.6 Å². The molecule has 1 heterocycles. The predicted molar refractivity (Wildman–Crippen MR) is 96.0 cm³/mol. The van der Waals surface area contributed by atoms with Gasteiger partial charge >= 0.3 is 6.03 Å². The van der Waals surface area contributed by atoms with E-state index in [0.717, 1.165) is 32.1 Å². The first-order chi connectivity index (χ1) is 11.6. The molecule has 2 rings (SSSR count). The van der Waals surface area contributed by atoms with E-state index in [-0.39, 0.29) is 34.6 Å². The van der Waals surface area contributed by atoms with Crippen molar-refractivity contribution in [2.75, 3.05) is 19.6 Å². The zero-order valence-electron chi connectivity index (χ0n) is 15.9. The van der Waals surface area contributed by atoms with Crippen LogP contribution in [0.4, 0.5) is 4.79 Å². The summed E-state index contributed by atoms with van der Waals surface area (Å²) in [7, 11) is 0. The molecule has 0 aromatic heterocycles. The molecule has 1 N–H and O–H groups in total. The van der Waals surface area contributed by atoms with E-state index >= 15 is 0 Å². The molecule has 2 aliphatic rings. The van der Waals surface area contributed by atoms with Gasteiger partial charge in [0.2, 0.25) is 6.08 Å². The standard InChI is InChI=1S/C19H31N3O3/c1-14(24)15-5-7-22(8-6-15)17(25)20-12-19(4)10-16(21-13-23)9-18(2,3)11-19/h15-16H,5-12H2,1-4H3,(H,20,25). The minimum atomic E-state index is -0.0832. The number of carbonyl (C=O) groups excluding carboxylic acids is 3. The molecule has 0 aromatic rings. The predicted octanol–water partition coefficient (Wildman–Crippen LogP) is 2.92. The molecule has 140 valence electrons. The number of nitrogens with one attached hydrogen (secondary N) is 1. The van der Waals surface area contributed by atoms with Crippen LogP contribution in [0.15, 0.2) is 4.99 Å². The molecular formula is C19H31N3O3. The minimum absolute atomic E-state index is 0.0190. The summed E-state index contributed by atoms with van der Waals surface area (Å²) in [5.74, 6) is 0.321. The highest BCUT2D eigenvalue weighted by Crippen LogP contribution is 2.46. The average Bonchev–Trinajstić information content (AvgIpc) is 2.51. The van der Waals surface area contributed by atoms with Gasteiger partial charge in [-0.25, -0.2) is 14.6 Å². The molecule has 2 unspecified atom stereocenters. The van der Waals surface area contributed by atoms with Crippen LogP contribution in [0.1, 0.15) is 59.8 Å². The third-order valence-electron chi connectivity index (χ3n) is 5.68. The second kappa shape index (κ2) is 7.69. The molecule has 1 saturated heterocycles. The maximum Gasteiger partial charge on any atom is 0.317 e. The van der Waals surface area contributed by atoms with E-state index in [9.17, 15) is 14.4 Å². The molecule has 0 aromatic carbocycles. The molecule has 2 atom stereocenters. The van der Waals surface area contributed by atoms with Gasteiger partial charge in [0.1, 0.15) is 5.78 Å². The van der Waals surface area contributed by atoms with Crippen molar-refractivity contribution in [3.05, 3.63) is 0 Å². The van der Waals surface area contributed by atoms with Crippen LogP contribution in [0, 0.1) is 16.7 Å². The molecule has 25 heavy (non-hydrogen) atoms. The Hall–Kier alpha value is -1.68. The van der Waals surface area contributed by atoms with Gasteiger partial charge in [0, 0.05) is 25.6 Å². The van der Waals surface area contributed by atoms with Gasteiger partial charge in [-0.2, -0.15) is 0 Å². The lowest BCUT2D eigenvalue weighted by atomic mass is 9.63. The lowest BCUT2D eigenvalue weighted by Gasteiger charge is -2.45. The molecule has 2 amide bonds. The number of ketones is 1. The second-order valence-corrected chi connectivity index (χ2v) is 8.96. The van der Waals surface area contributed by atoms with Crippen LogP contribution in [0.5, 0.6) is 0 Å². The fourth-order valence-corrected chi connectivity index (χ4v) is 4.77. The van der Waals surface area contributed by atoms with Gasteiger partial charge in [0.15, 0.2) is 0 Å². The van der Waals surface area contributed by atoms with Crippen LogP contribution in [0.3, 0.4) is 0 Å². The molecule has 1 aliphatic heterocycles. The summed E-state index contributed by atoms with van der Waals surface area (Å²) in [4.78, 5) is 40.3. The van der Waals surface area contributed by atoms with E-state index in [1.54, 1.807) is 17.9 Å². The van der Waals surface area contributed by atoms with Crippen LogP contribution in [-0.4, -0.2) is 48.5 Å². The van der Waals surface area contributed by atoms with Crippen LogP contribution >= 0.6 is 0 Å².